The maximum Gasteiger partial charge on any atom is 0.344 e. The van der Waals surface area contributed by atoms with Gasteiger partial charge in [0, 0.05) is 0 Å². The van der Waals surface area contributed by atoms with Crippen LogP contribution in [-0.2, 0) is 96.9 Å². The quantitative estimate of drug-likeness (QED) is 0.0690. The van der Waals surface area contributed by atoms with Crippen molar-refractivity contribution in [1.29, 1.82) is 0 Å². The van der Waals surface area contributed by atoms with Crippen molar-refractivity contribution in [3.63, 3.8) is 0 Å². The van der Waals surface area contributed by atoms with Crippen molar-refractivity contribution in [2.45, 2.75) is 36.3 Å². The minimum Gasteiger partial charge on any atom is -0.387 e. The molecule has 0 radical (unpaired) electrons. The van der Waals surface area contributed by atoms with Crippen molar-refractivity contribution in [1.82, 2.24) is 0 Å². The maximum absolute atomic E-state index is 10.7. The van der Waals surface area contributed by atoms with E-state index in [0.29, 0.717) is 0 Å². The Kier molecular flexibility index (Phi) is 13.4. The third-order valence-corrected chi connectivity index (χ3v) is 18.5. The Bertz CT molecular complexity index is 1120. The molecule has 1 aliphatic carbocycles. The summed E-state index contributed by atoms with van der Waals surface area (Å²) in [6, 6.07) is 0. The van der Waals surface area contributed by atoms with E-state index in [2.05, 4.69) is 76.3 Å². The average molecular weight is 772 g/mol. The molecule has 0 aromatic heterocycles. The number of aliphatic hydroxyl groups excluding tert-OH is 5. The monoisotopic (exact) mass is 772 g/mol. The molecule has 0 heterocycles. The lowest BCUT2D eigenvalue weighted by Gasteiger charge is -2.48. The van der Waals surface area contributed by atoms with Gasteiger partial charge in [-0.1, -0.05) is 0 Å². The van der Waals surface area contributed by atoms with Crippen LogP contribution in [-0.4, -0.2) is 101 Å². The second-order valence-corrected chi connectivity index (χ2v) is 23.9. The second-order valence-electron chi connectivity index (χ2n) is 6.45. The van der Waals surface area contributed by atoms with E-state index in [4.69, 9.17) is 30.4 Å². The zero-order chi connectivity index (χ0) is 29.6. The zero-order valence-corrected chi connectivity index (χ0v) is 27.0. The van der Waals surface area contributed by atoms with Gasteiger partial charge in [-0.25, -0.2) is 21.6 Å². The lowest BCUT2D eigenvalue weighted by Crippen LogP contribution is -2.71. The van der Waals surface area contributed by atoms with Gasteiger partial charge in [-0.2, -0.15) is 0 Å². The van der Waals surface area contributed by atoms with Crippen LogP contribution in [0, 0.1) is 0 Å². The minimum absolute atomic E-state index is 2.28. The molecule has 222 valence electrons. The molecule has 0 aliphatic heterocycles. The molecule has 1 rings (SSSR count). The van der Waals surface area contributed by atoms with Gasteiger partial charge in [0.1, 0.15) is 30.5 Å². The summed E-state index contributed by atoms with van der Waals surface area (Å²) in [7, 11) is 0. The van der Waals surface area contributed by atoms with E-state index >= 15 is 0 Å². The zero-order valence-electron chi connectivity index (χ0n) is 16.8. The Morgan fingerprint density at radius 2 is 0.784 bits per heavy atom. The third kappa shape index (κ3) is 12.0. The highest BCUT2D eigenvalue weighted by molar-refractivity contribution is 8.21. The van der Waals surface area contributed by atoms with Crippen LogP contribution in [0.25, 0.3) is 0 Å². The van der Waals surface area contributed by atoms with Crippen LogP contribution >= 0.6 is 40.3 Å². The molecule has 0 bridgehead atoms. The van der Waals surface area contributed by atoms with E-state index in [1.165, 1.54) is 0 Å². The van der Waals surface area contributed by atoms with Gasteiger partial charge in [0.25, 0.3) is 0 Å². The van der Waals surface area contributed by atoms with Gasteiger partial charge in [0.05, 0.1) is 0 Å². The van der Waals surface area contributed by atoms with E-state index in [1.807, 2.05) is 0 Å². The Hall–Kier alpha value is 3.14. The van der Waals surface area contributed by atoms with Crippen molar-refractivity contribution in [2.75, 3.05) is 0 Å². The first-order valence-electron chi connectivity index (χ1n) is 8.13. The van der Waals surface area contributed by atoms with Crippen LogP contribution in [0.1, 0.15) is 0 Å². The lowest BCUT2D eigenvalue weighted by molar-refractivity contribution is -0.334. The fraction of sp³-hybridized carbons (Fsp3) is 1.00. The highest BCUT2D eigenvalue weighted by Gasteiger charge is 2.62. The maximum atomic E-state index is 10.7. The summed E-state index contributed by atoms with van der Waals surface area (Å²) in [4.78, 5) is 67.1. The molecule has 31 heteroatoms. The van der Waals surface area contributed by atoms with E-state index in [0.717, 1.165) is 0 Å². The first-order valence-corrected chi connectivity index (χ1v) is 23.7. The molecule has 1 aliphatic rings. The van der Waals surface area contributed by atoms with Gasteiger partial charge < -0.3 is 64.9 Å². The molecular formula is C6H18O19P6S6. The highest BCUT2D eigenvalue weighted by Crippen LogP contribution is 2.77. The van der Waals surface area contributed by atoms with Crippen LogP contribution in [0.3, 0.4) is 0 Å². The smallest absolute Gasteiger partial charge is 0.344 e. The van der Waals surface area contributed by atoms with Crippen molar-refractivity contribution >= 4 is 111 Å². The summed E-state index contributed by atoms with van der Waals surface area (Å²) in [5.41, 5.74) is 0. The molecule has 10 atom stereocenters. The van der Waals surface area contributed by atoms with Gasteiger partial charge in [0.15, 0.2) is 0 Å². The summed E-state index contributed by atoms with van der Waals surface area (Å²) >= 11 is 26.3. The molecule has 0 saturated heterocycles. The van der Waals surface area contributed by atoms with E-state index in [9.17, 15) is 55.1 Å². The molecule has 1 saturated carbocycles. The predicted molar refractivity (Wildman–Crippen MR) is 143 cm³/mol. The van der Waals surface area contributed by atoms with E-state index in [-0.39, 0.29) is 0 Å². The largest absolute Gasteiger partial charge is 0.387 e. The SMILES string of the molecule is OC1[C@@H](O)[C@@H](O)C(O)(OP(=S)(OP(O)(=S)OP(O)(O)=S)OP(O)(=S)OP(O)(=S)OP(O)(O)=S)[C@H](O)[C@H]1O. The molecule has 1 fully saturated rings. The number of rotatable bonds is 12. The molecule has 19 nitrogen and oxygen atoms in total. The molecule has 0 aromatic rings. The van der Waals surface area contributed by atoms with Crippen LogP contribution in [0.2, 0.25) is 0 Å². The van der Waals surface area contributed by atoms with Crippen LogP contribution < -0.4 is 0 Å². The first kappa shape index (κ1) is 38.2. The van der Waals surface area contributed by atoms with Gasteiger partial charge in [0.2, 0.25) is 5.79 Å². The fourth-order valence-corrected chi connectivity index (χ4v) is 20.3. The topological polar surface area (TPSA) is 318 Å². The summed E-state index contributed by atoms with van der Waals surface area (Å²) in [6.45, 7) is -30.5. The van der Waals surface area contributed by atoms with Gasteiger partial charge in [-0.3, -0.25) is 4.52 Å². The average Bonchev–Trinajstić information content (AvgIpc) is 2.56. The number of hydrogen-bond donors (Lipinski definition) is 13. The summed E-state index contributed by atoms with van der Waals surface area (Å²) in [5.74, 6) is -3.70. The molecule has 0 aromatic carbocycles. The molecule has 6 unspecified atom stereocenters. The second kappa shape index (κ2) is 13.0. The predicted octanol–water partition coefficient (Wildman–Crippen LogP) is -3.11. The molecule has 0 amide bonds. The normalized spacial score (nSPS) is 36.1. The van der Waals surface area contributed by atoms with E-state index < -0.39 is 76.6 Å². The lowest BCUT2D eigenvalue weighted by atomic mass is 9.82. The Morgan fingerprint density at radius 3 is 1.11 bits per heavy atom. The van der Waals surface area contributed by atoms with Crippen molar-refractivity contribution < 1.29 is 91.0 Å². The minimum atomic E-state index is -5.46. The molecular weight excluding hydrogens is 754 g/mol. The number of aliphatic hydroxyl groups is 6. The third-order valence-electron chi connectivity index (χ3n) is 3.48. The standard InChI is InChI=1S/C6H18O19P6S6/c7-1-2(8)4(10)6(12,5(11)3(1)9)20-31(37,24-29(18,35)22-27(15,16)33)25-30(19,36)23-28(17,34)21-26(13,14)32/h1-5,7-12H,(H,17,34)(H,18,35)(H,19,36)(H2,13,14,32)(H2,15,16,33)/t1?,2-,3+,4-,5-,6?,28?,29?,30?,31?/m1/s1. The summed E-state index contributed by atoms with van der Waals surface area (Å²) < 4.78 is 26.8. The van der Waals surface area contributed by atoms with Gasteiger partial charge >= 0.3 is 40.3 Å². The first-order chi connectivity index (χ1) is 16.0. The van der Waals surface area contributed by atoms with Gasteiger partial charge in [-0.15, -0.1) is 0 Å². The Morgan fingerprint density at radius 1 is 0.486 bits per heavy atom. The Balaban J connectivity index is 3.53. The van der Waals surface area contributed by atoms with Crippen molar-refractivity contribution in [3.05, 3.63) is 0 Å². The van der Waals surface area contributed by atoms with Crippen LogP contribution in [0.4, 0.5) is 0 Å². The molecule has 37 heavy (non-hydrogen) atoms. The summed E-state index contributed by atoms with van der Waals surface area (Å²) in [6.07, 6.45) is -12.8. The Labute approximate surface area is 237 Å². The molecule has 0 spiro atoms. The van der Waals surface area contributed by atoms with Crippen LogP contribution in [0.15, 0.2) is 0 Å². The van der Waals surface area contributed by atoms with Crippen molar-refractivity contribution in [2.24, 2.45) is 0 Å². The summed E-state index contributed by atoms with van der Waals surface area (Å²) in [5, 5.41) is 60.4. The van der Waals surface area contributed by atoms with Crippen LogP contribution in [0.5, 0.6) is 0 Å². The highest BCUT2D eigenvalue weighted by atomic mass is 32.5. The van der Waals surface area contributed by atoms with Crippen molar-refractivity contribution in [3.8, 4) is 0 Å². The number of hydrogen-bond acceptors (Lipinski definition) is 18. The fourth-order valence-electron chi connectivity index (χ4n) is 2.27. The molecule has 13 N–H and O–H groups in total. The van der Waals surface area contributed by atoms with E-state index in [1.54, 1.807) is 0 Å². The van der Waals surface area contributed by atoms with Gasteiger partial charge in [-0.05, 0) is 70.8 Å².